The van der Waals surface area contributed by atoms with Crippen LogP contribution in [0.1, 0.15) is 12.5 Å². The van der Waals surface area contributed by atoms with Gasteiger partial charge in [-0.2, -0.15) is 11.8 Å². The Morgan fingerprint density at radius 3 is 3.11 bits per heavy atom. The van der Waals surface area contributed by atoms with Gasteiger partial charge in [0.05, 0.1) is 5.69 Å². The molecule has 18 heavy (non-hydrogen) atoms. The Kier molecular flexibility index (Phi) is 4.78. The van der Waals surface area contributed by atoms with Crippen molar-refractivity contribution in [3.8, 4) is 5.75 Å². The molecule has 0 bridgehead atoms. The Morgan fingerprint density at radius 1 is 1.50 bits per heavy atom. The minimum atomic E-state index is 0.576. The summed E-state index contributed by atoms with van der Waals surface area (Å²) in [6.45, 7) is 4.86. The van der Waals surface area contributed by atoms with Crippen molar-refractivity contribution in [2.24, 2.45) is 0 Å². The highest BCUT2D eigenvalue weighted by atomic mass is 32.2. The molecule has 0 aliphatic carbocycles. The third-order valence-electron chi connectivity index (χ3n) is 3.34. The number of nitrogens with one attached hydrogen (secondary N) is 1. The Labute approximate surface area is 114 Å². The standard InChI is InChI=1S/C14H22N2OS/c1-11(10-18-3)16(2)9-12-5-4-6-13-14(12)17-8-7-15-13/h4-6,11,15H,7-10H2,1-3H3. The summed E-state index contributed by atoms with van der Waals surface area (Å²) in [6.07, 6.45) is 2.15. The zero-order valence-corrected chi connectivity index (χ0v) is 12.2. The van der Waals surface area contributed by atoms with Crippen LogP contribution in [0.25, 0.3) is 0 Å². The molecule has 1 aromatic carbocycles. The molecule has 4 heteroatoms. The van der Waals surface area contributed by atoms with E-state index in [4.69, 9.17) is 4.74 Å². The van der Waals surface area contributed by atoms with E-state index < -0.39 is 0 Å². The van der Waals surface area contributed by atoms with Crippen molar-refractivity contribution in [1.82, 2.24) is 4.90 Å². The highest BCUT2D eigenvalue weighted by Gasteiger charge is 2.16. The average molecular weight is 266 g/mol. The number of para-hydroxylation sites is 1. The summed E-state index contributed by atoms with van der Waals surface area (Å²) in [5.74, 6) is 2.19. The molecule has 0 saturated carbocycles. The summed E-state index contributed by atoms with van der Waals surface area (Å²) in [6, 6.07) is 6.92. The van der Waals surface area contributed by atoms with E-state index in [0.717, 1.165) is 36.9 Å². The van der Waals surface area contributed by atoms with Crippen molar-refractivity contribution in [2.45, 2.75) is 19.5 Å². The van der Waals surface area contributed by atoms with Crippen LogP contribution in [0.5, 0.6) is 5.75 Å². The Morgan fingerprint density at radius 2 is 2.33 bits per heavy atom. The molecule has 3 nitrogen and oxygen atoms in total. The van der Waals surface area contributed by atoms with Crippen molar-refractivity contribution in [1.29, 1.82) is 0 Å². The largest absolute Gasteiger partial charge is 0.489 e. The van der Waals surface area contributed by atoms with Crippen LogP contribution in [0.15, 0.2) is 18.2 Å². The molecule has 1 heterocycles. The molecule has 0 aromatic heterocycles. The van der Waals surface area contributed by atoms with Crippen molar-refractivity contribution in [2.75, 3.05) is 37.5 Å². The first-order valence-electron chi connectivity index (χ1n) is 6.40. The van der Waals surface area contributed by atoms with Crippen LogP contribution in [0.2, 0.25) is 0 Å². The van der Waals surface area contributed by atoms with E-state index in [1.807, 2.05) is 11.8 Å². The fourth-order valence-corrected chi connectivity index (χ4v) is 2.89. The Bertz CT molecular complexity index is 397. The van der Waals surface area contributed by atoms with Crippen molar-refractivity contribution in [3.63, 3.8) is 0 Å². The summed E-state index contributed by atoms with van der Waals surface area (Å²) >= 11 is 1.89. The molecule has 0 saturated heterocycles. The number of hydrogen-bond donors (Lipinski definition) is 1. The van der Waals surface area contributed by atoms with Crippen LogP contribution in [-0.2, 0) is 6.54 Å². The normalized spacial score (nSPS) is 15.8. The molecule has 0 radical (unpaired) electrons. The van der Waals surface area contributed by atoms with E-state index in [2.05, 4.69) is 48.6 Å². The van der Waals surface area contributed by atoms with Gasteiger partial charge in [0.15, 0.2) is 0 Å². The van der Waals surface area contributed by atoms with Gasteiger partial charge in [0.2, 0.25) is 0 Å². The highest BCUT2D eigenvalue weighted by Crippen LogP contribution is 2.32. The zero-order valence-electron chi connectivity index (χ0n) is 11.4. The fourth-order valence-electron chi connectivity index (χ4n) is 2.15. The number of nitrogens with zero attached hydrogens (tertiary/aromatic N) is 1. The van der Waals surface area contributed by atoms with Gasteiger partial charge in [0, 0.05) is 30.4 Å². The van der Waals surface area contributed by atoms with E-state index >= 15 is 0 Å². The first-order chi connectivity index (χ1) is 8.72. The monoisotopic (exact) mass is 266 g/mol. The minimum Gasteiger partial charge on any atom is -0.489 e. The van der Waals surface area contributed by atoms with Gasteiger partial charge in [-0.1, -0.05) is 12.1 Å². The van der Waals surface area contributed by atoms with Gasteiger partial charge < -0.3 is 10.1 Å². The second-order valence-electron chi connectivity index (χ2n) is 4.79. The lowest BCUT2D eigenvalue weighted by molar-refractivity contribution is 0.259. The highest BCUT2D eigenvalue weighted by molar-refractivity contribution is 7.98. The molecule has 1 aliphatic rings. The number of thioether (sulfide) groups is 1. The maximum absolute atomic E-state index is 5.80. The molecule has 1 aliphatic heterocycles. The first-order valence-corrected chi connectivity index (χ1v) is 7.79. The maximum atomic E-state index is 5.80. The van der Waals surface area contributed by atoms with Crippen molar-refractivity contribution >= 4 is 17.4 Å². The lowest BCUT2D eigenvalue weighted by Crippen LogP contribution is -2.31. The van der Waals surface area contributed by atoms with Gasteiger partial charge in [-0.15, -0.1) is 0 Å². The minimum absolute atomic E-state index is 0.576. The molecule has 2 rings (SSSR count). The predicted octanol–water partition coefficient (Wildman–Crippen LogP) is 2.67. The molecule has 1 atom stereocenters. The second kappa shape index (κ2) is 6.34. The Hall–Kier alpha value is -0.870. The SMILES string of the molecule is CSCC(C)N(C)Cc1cccc2c1OCCN2. The van der Waals surface area contributed by atoms with E-state index in [1.54, 1.807) is 0 Å². The van der Waals surface area contributed by atoms with Crippen molar-refractivity contribution in [3.05, 3.63) is 23.8 Å². The van der Waals surface area contributed by atoms with E-state index in [-0.39, 0.29) is 0 Å². The van der Waals surface area contributed by atoms with Crippen LogP contribution in [0.4, 0.5) is 5.69 Å². The van der Waals surface area contributed by atoms with Gasteiger partial charge in [0.1, 0.15) is 12.4 Å². The summed E-state index contributed by atoms with van der Waals surface area (Å²) < 4.78 is 5.80. The summed E-state index contributed by atoms with van der Waals surface area (Å²) in [7, 11) is 2.18. The Balaban J connectivity index is 2.09. The quantitative estimate of drug-likeness (QED) is 0.885. The van der Waals surface area contributed by atoms with Crippen molar-refractivity contribution < 1.29 is 4.74 Å². The molecular formula is C14H22N2OS. The molecular weight excluding hydrogens is 244 g/mol. The first kappa shape index (κ1) is 13.6. The molecule has 100 valence electrons. The smallest absolute Gasteiger partial charge is 0.146 e. The van der Waals surface area contributed by atoms with Gasteiger partial charge in [0.25, 0.3) is 0 Å². The molecule has 0 fully saturated rings. The van der Waals surface area contributed by atoms with Gasteiger partial charge in [-0.05, 0) is 26.3 Å². The topological polar surface area (TPSA) is 24.5 Å². The zero-order chi connectivity index (χ0) is 13.0. The number of fused-ring (bicyclic) bond motifs is 1. The molecule has 1 unspecified atom stereocenters. The van der Waals surface area contributed by atoms with Crippen LogP contribution in [-0.4, -0.2) is 43.1 Å². The van der Waals surface area contributed by atoms with Gasteiger partial charge >= 0.3 is 0 Å². The average Bonchev–Trinajstić information content (AvgIpc) is 2.39. The van der Waals surface area contributed by atoms with E-state index in [1.165, 1.54) is 5.56 Å². The van der Waals surface area contributed by atoms with Crippen LogP contribution in [0, 0.1) is 0 Å². The number of rotatable bonds is 5. The van der Waals surface area contributed by atoms with Crippen LogP contribution < -0.4 is 10.1 Å². The van der Waals surface area contributed by atoms with Crippen LogP contribution in [0.3, 0.4) is 0 Å². The third-order valence-corrected chi connectivity index (χ3v) is 4.16. The fraction of sp³-hybridized carbons (Fsp3) is 0.571. The molecule has 0 amide bonds. The summed E-state index contributed by atoms with van der Waals surface area (Å²) in [5.41, 5.74) is 2.40. The van der Waals surface area contributed by atoms with Crippen LogP contribution >= 0.6 is 11.8 Å². The van der Waals surface area contributed by atoms with Gasteiger partial charge in [-0.25, -0.2) is 0 Å². The second-order valence-corrected chi connectivity index (χ2v) is 5.70. The number of ether oxygens (including phenoxy) is 1. The lowest BCUT2D eigenvalue weighted by atomic mass is 10.1. The summed E-state index contributed by atoms with van der Waals surface area (Å²) in [5, 5.41) is 3.38. The number of benzene rings is 1. The maximum Gasteiger partial charge on any atom is 0.146 e. The van der Waals surface area contributed by atoms with E-state index in [0.29, 0.717) is 6.04 Å². The number of hydrogen-bond acceptors (Lipinski definition) is 4. The lowest BCUT2D eigenvalue weighted by Gasteiger charge is -2.27. The summed E-state index contributed by atoms with van der Waals surface area (Å²) in [4.78, 5) is 2.38. The number of anilines is 1. The van der Waals surface area contributed by atoms with E-state index in [9.17, 15) is 0 Å². The molecule has 1 aromatic rings. The molecule has 1 N–H and O–H groups in total. The third kappa shape index (κ3) is 3.12. The molecule has 0 spiro atoms. The predicted molar refractivity (Wildman–Crippen MR) is 79.7 cm³/mol. The van der Waals surface area contributed by atoms with Gasteiger partial charge in [-0.3, -0.25) is 4.90 Å².